The Morgan fingerprint density at radius 2 is 0.500 bits per heavy atom. The second-order valence-corrected chi connectivity index (χ2v) is 31.4. The summed E-state index contributed by atoms with van der Waals surface area (Å²) >= 11 is 0. The van der Waals surface area contributed by atoms with Crippen LogP contribution in [0.1, 0.15) is 0 Å². The Bertz CT molecular complexity index is 8740. The van der Waals surface area contributed by atoms with E-state index in [0.29, 0.717) is 11.6 Å². The number of fused-ring (bicyclic) bond motifs is 24. The first-order chi connectivity index (χ1) is 60.5. The van der Waals surface area contributed by atoms with Crippen molar-refractivity contribution in [2.45, 2.75) is 0 Å². The van der Waals surface area contributed by atoms with Crippen molar-refractivity contribution in [3.05, 3.63) is 413 Å². The van der Waals surface area contributed by atoms with Crippen LogP contribution < -0.4 is 0 Å². The molecule has 122 heavy (non-hydrogen) atoms. The van der Waals surface area contributed by atoms with E-state index in [0.717, 1.165) is 161 Å². The van der Waals surface area contributed by atoms with Crippen molar-refractivity contribution in [3.8, 4) is 90.3 Å². The van der Waals surface area contributed by atoms with Crippen LogP contribution in [0.3, 0.4) is 0 Å². The highest BCUT2D eigenvalue weighted by molar-refractivity contribution is 6.33. The number of hydrogen-bond donors (Lipinski definition) is 0. The lowest BCUT2D eigenvalue weighted by atomic mass is 10.0. The molecule has 18 aromatic carbocycles. The predicted octanol–water partition coefficient (Wildman–Crippen LogP) is 29.4. The first kappa shape index (κ1) is 68.6. The molecule has 0 aliphatic carbocycles. The first-order valence-electron chi connectivity index (χ1n) is 41.3. The van der Waals surface area contributed by atoms with E-state index in [1.165, 1.54) is 70.9 Å². The molecule has 26 aromatic rings. The standard InChI is InChI=1S/2C56H34N4O/c1-3-14-35(15-4-1)38-18-13-19-40(34-38)59-47-24-11-8-21-44(47)51-48(59)32-30-41-42-31-33-50-52(45-22-9-12-25-49(45)61-50)55(42)60(54(41)51)39-28-26-37(27-29-39)56-57-46-23-10-7-20-43(46)53(58-56)36-16-5-2-6-17-36;1-3-14-35(15-4-1)38-18-13-19-40(34-38)60-54-41(42-31-33-50-52(55(42)60)45-22-9-12-25-49(45)61-50)30-32-48-51(54)44-21-8-11-24-47(44)59(48)39-28-26-37(27-29-39)56-57-46-23-10-7-20-43(46)53(58-56)36-16-5-2-6-17-36/h2*1-34H. The van der Waals surface area contributed by atoms with Gasteiger partial charge in [0.25, 0.3) is 0 Å². The molecule has 0 N–H and O–H groups in total. The second-order valence-electron chi connectivity index (χ2n) is 31.4. The van der Waals surface area contributed by atoms with Gasteiger partial charge in [0, 0.05) is 110 Å². The van der Waals surface area contributed by atoms with Crippen LogP contribution in [0.5, 0.6) is 0 Å². The molecule has 0 saturated carbocycles. The molecule has 0 aliphatic rings. The number of furan rings is 2. The van der Waals surface area contributed by atoms with Gasteiger partial charge < -0.3 is 27.1 Å². The first-order valence-corrected chi connectivity index (χ1v) is 41.3. The monoisotopic (exact) mass is 1560 g/mol. The third kappa shape index (κ3) is 10.8. The van der Waals surface area contributed by atoms with Gasteiger partial charge in [-0.15, -0.1) is 0 Å². The maximum absolute atomic E-state index is 6.54. The Morgan fingerprint density at radius 3 is 0.943 bits per heavy atom. The van der Waals surface area contributed by atoms with E-state index >= 15 is 0 Å². The molecule has 568 valence electrons. The maximum Gasteiger partial charge on any atom is 0.160 e. The van der Waals surface area contributed by atoms with Crippen molar-refractivity contribution in [1.82, 2.24) is 38.2 Å². The summed E-state index contributed by atoms with van der Waals surface area (Å²) in [5.41, 5.74) is 29.4. The molecule has 10 heteroatoms. The molecule has 0 radical (unpaired) electrons. The van der Waals surface area contributed by atoms with E-state index in [-0.39, 0.29) is 0 Å². The smallest absolute Gasteiger partial charge is 0.160 e. The lowest BCUT2D eigenvalue weighted by Gasteiger charge is -2.13. The molecule has 0 atom stereocenters. The van der Waals surface area contributed by atoms with Gasteiger partial charge in [0.15, 0.2) is 11.6 Å². The van der Waals surface area contributed by atoms with Crippen molar-refractivity contribution >= 4 is 153 Å². The molecule has 0 spiro atoms. The molecule has 26 rings (SSSR count). The summed E-state index contributed by atoms with van der Waals surface area (Å²) in [6, 6.07) is 146. The summed E-state index contributed by atoms with van der Waals surface area (Å²) in [5.74, 6) is 1.39. The van der Waals surface area contributed by atoms with Gasteiger partial charge in [0.1, 0.15) is 22.3 Å². The van der Waals surface area contributed by atoms with Crippen molar-refractivity contribution in [3.63, 3.8) is 0 Å². The third-order valence-electron chi connectivity index (χ3n) is 24.6. The molecule has 10 nitrogen and oxygen atoms in total. The van der Waals surface area contributed by atoms with Gasteiger partial charge in [0.05, 0.1) is 77.3 Å². The molecule has 0 amide bonds. The van der Waals surface area contributed by atoms with Crippen LogP contribution >= 0.6 is 0 Å². The minimum atomic E-state index is 0.692. The summed E-state index contributed by atoms with van der Waals surface area (Å²) < 4.78 is 22.8. The van der Waals surface area contributed by atoms with Gasteiger partial charge >= 0.3 is 0 Å². The lowest BCUT2D eigenvalue weighted by Crippen LogP contribution is -1.97. The largest absolute Gasteiger partial charge is 0.456 e. The second kappa shape index (κ2) is 27.5. The Morgan fingerprint density at radius 1 is 0.172 bits per heavy atom. The number of benzene rings is 18. The van der Waals surface area contributed by atoms with Crippen molar-refractivity contribution in [2.24, 2.45) is 0 Å². The van der Waals surface area contributed by atoms with E-state index in [1.54, 1.807) is 0 Å². The van der Waals surface area contributed by atoms with Crippen LogP contribution in [0.15, 0.2) is 421 Å². The molecule has 0 saturated heterocycles. The maximum atomic E-state index is 6.54. The van der Waals surface area contributed by atoms with E-state index < -0.39 is 0 Å². The number of rotatable bonds is 10. The van der Waals surface area contributed by atoms with Crippen LogP contribution in [0.25, 0.3) is 243 Å². The fourth-order valence-electron chi connectivity index (χ4n) is 19.2. The molecular formula is C112H68N8O2. The van der Waals surface area contributed by atoms with Gasteiger partial charge in [-0.2, -0.15) is 0 Å². The van der Waals surface area contributed by atoms with E-state index in [4.69, 9.17) is 28.8 Å². The van der Waals surface area contributed by atoms with Crippen LogP contribution in [0, 0.1) is 0 Å². The van der Waals surface area contributed by atoms with Gasteiger partial charge in [-0.05, 0) is 168 Å². The predicted molar refractivity (Wildman–Crippen MR) is 504 cm³/mol. The molecule has 8 aromatic heterocycles. The number of para-hydroxylation sites is 6. The van der Waals surface area contributed by atoms with Gasteiger partial charge in [0.2, 0.25) is 0 Å². The van der Waals surface area contributed by atoms with Gasteiger partial charge in [-0.3, -0.25) is 0 Å². The zero-order valence-electron chi connectivity index (χ0n) is 65.7. The molecule has 0 bridgehead atoms. The minimum absolute atomic E-state index is 0.692. The summed E-state index contributed by atoms with van der Waals surface area (Å²) in [7, 11) is 0. The summed E-state index contributed by atoms with van der Waals surface area (Å²) in [6.07, 6.45) is 0. The van der Waals surface area contributed by atoms with E-state index in [1.807, 2.05) is 42.5 Å². The average Bonchev–Trinajstić information content (AvgIpc) is 1.53. The Kier molecular flexibility index (Phi) is 15.5. The number of nitrogens with zero attached hydrogens (tertiary/aromatic N) is 8. The zero-order valence-corrected chi connectivity index (χ0v) is 65.7. The Balaban J connectivity index is 0.000000134. The lowest BCUT2D eigenvalue weighted by molar-refractivity contribution is 0.669. The molecule has 0 aliphatic heterocycles. The fraction of sp³-hybridized carbons (Fsp3) is 0. The SMILES string of the molecule is c1ccc(-c2cccc(-n3c4c(ccc5oc6ccccc6c54)c4ccc5c(c6ccccc6n5-c5ccc(-c6nc(-c7ccccc7)c7ccccc7n6)cc5)c43)c2)cc1.c1ccc(-c2cccc(-n3c4ccccc4c4c3ccc3c5ccc6oc7ccccc7c6c5n(-c5ccc(-c6nc(-c7ccccc7)c7ccccc7n6)cc5)c34)c2)cc1. The Hall–Kier alpha value is -16.6. The topological polar surface area (TPSA) is 97.6 Å². The van der Waals surface area contributed by atoms with Crippen LogP contribution in [0.2, 0.25) is 0 Å². The highest BCUT2D eigenvalue weighted by Gasteiger charge is 2.28. The van der Waals surface area contributed by atoms with Gasteiger partial charge in [-0.25, -0.2) is 19.9 Å². The molecular weight excluding hydrogens is 1490 g/mol. The number of aromatic nitrogens is 8. The highest BCUT2D eigenvalue weighted by Crippen LogP contribution is 2.50. The van der Waals surface area contributed by atoms with Crippen molar-refractivity contribution < 1.29 is 8.83 Å². The van der Waals surface area contributed by atoms with Gasteiger partial charge in [-0.1, -0.05) is 267 Å². The van der Waals surface area contributed by atoms with Crippen molar-refractivity contribution in [2.75, 3.05) is 0 Å². The van der Waals surface area contributed by atoms with Crippen LogP contribution in [-0.2, 0) is 0 Å². The zero-order chi connectivity index (χ0) is 80.0. The van der Waals surface area contributed by atoms with E-state index in [9.17, 15) is 0 Å². The average molecular weight is 1560 g/mol. The highest BCUT2D eigenvalue weighted by atomic mass is 16.3. The quantitative estimate of drug-likeness (QED) is 0.135. The summed E-state index contributed by atoms with van der Waals surface area (Å²) in [5, 5.41) is 16.0. The summed E-state index contributed by atoms with van der Waals surface area (Å²) in [6.45, 7) is 0. The molecule has 0 unspecified atom stereocenters. The van der Waals surface area contributed by atoms with E-state index in [2.05, 4.69) is 388 Å². The summed E-state index contributed by atoms with van der Waals surface area (Å²) in [4.78, 5) is 20.5. The normalized spacial score (nSPS) is 11.9. The fourth-order valence-corrected chi connectivity index (χ4v) is 19.2. The third-order valence-corrected chi connectivity index (χ3v) is 24.6. The minimum Gasteiger partial charge on any atom is -0.456 e. The number of hydrogen-bond acceptors (Lipinski definition) is 6. The van der Waals surface area contributed by atoms with Crippen molar-refractivity contribution in [1.29, 1.82) is 0 Å². The Labute approximate surface area is 698 Å². The molecule has 8 heterocycles. The van der Waals surface area contributed by atoms with Crippen LogP contribution in [-0.4, -0.2) is 38.2 Å². The molecule has 0 fully saturated rings. The van der Waals surface area contributed by atoms with Crippen LogP contribution in [0.4, 0.5) is 0 Å².